The van der Waals surface area contributed by atoms with Gasteiger partial charge in [0.25, 0.3) is 0 Å². The Kier molecular flexibility index (Phi) is 5.43. The first-order chi connectivity index (χ1) is 9.31. The van der Waals surface area contributed by atoms with Crippen molar-refractivity contribution in [3.05, 3.63) is 12.4 Å². The van der Waals surface area contributed by atoms with Gasteiger partial charge in [0.15, 0.2) is 0 Å². The van der Waals surface area contributed by atoms with Crippen LogP contribution in [0.2, 0.25) is 0 Å². The Balaban J connectivity index is 1.83. The number of hydrogen-bond acceptors (Lipinski definition) is 4. The lowest BCUT2D eigenvalue weighted by Crippen LogP contribution is -2.26. The largest absolute Gasteiger partial charge is 0.369 e. The zero-order chi connectivity index (χ0) is 13.5. The van der Waals surface area contributed by atoms with Gasteiger partial charge in [0.05, 0.1) is 12.4 Å². The number of nitrogens with one attached hydrogen (secondary N) is 2. The number of rotatable bonds is 6. The second kappa shape index (κ2) is 7.31. The molecule has 0 atom stereocenters. The van der Waals surface area contributed by atoms with Gasteiger partial charge >= 0.3 is 0 Å². The van der Waals surface area contributed by atoms with Crippen molar-refractivity contribution in [3.8, 4) is 0 Å². The van der Waals surface area contributed by atoms with Crippen molar-refractivity contribution >= 4 is 11.6 Å². The highest BCUT2D eigenvalue weighted by atomic mass is 15.1. The fraction of sp³-hybridized carbons (Fsp3) is 0.733. The molecule has 106 valence electrons. The summed E-state index contributed by atoms with van der Waals surface area (Å²) in [7, 11) is 0. The fourth-order valence-electron chi connectivity index (χ4n) is 2.91. The van der Waals surface area contributed by atoms with E-state index in [2.05, 4.69) is 34.4 Å². The minimum absolute atomic E-state index is 0.569. The van der Waals surface area contributed by atoms with Gasteiger partial charge in [0.2, 0.25) is 0 Å². The Morgan fingerprint density at radius 3 is 2.53 bits per heavy atom. The van der Waals surface area contributed by atoms with E-state index in [9.17, 15) is 0 Å². The molecule has 1 fully saturated rings. The molecular weight excluding hydrogens is 236 g/mol. The van der Waals surface area contributed by atoms with Crippen molar-refractivity contribution in [2.75, 3.05) is 17.2 Å². The predicted molar refractivity (Wildman–Crippen MR) is 80.5 cm³/mol. The number of hydrogen-bond donors (Lipinski definition) is 2. The first kappa shape index (κ1) is 14.1. The van der Waals surface area contributed by atoms with E-state index in [1.807, 2.05) is 6.20 Å². The molecule has 1 aromatic rings. The molecule has 2 rings (SSSR count). The summed E-state index contributed by atoms with van der Waals surface area (Å²) in [6, 6.07) is 0.569. The van der Waals surface area contributed by atoms with Crippen LogP contribution < -0.4 is 10.6 Å². The maximum atomic E-state index is 4.53. The maximum Gasteiger partial charge on any atom is 0.147 e. The first-order valence-electron chi connectivity index (χ1n) is 7.64. The molecule has 0 saturated heterocycles. The van der Waals surface area contributed by atoms with Crippen molar-refractivity contribution in [2.24, 2.45) is 5.92 Å². The van der Waals surface area contributed by atoms with Crippen molar-refractivity contribution in [1.29, 1.82) is 0 Å². The highest BCUT2D eigenvalue weighted by Gasteiger charge is 2.20. The van der Waals surface area contributed by atoms with Crippen LogP contribution in [0.25, 0.3) is 0 Å². The second-order valence-electron chi connectivity index (χ2n) is 5.47. The molecule has 1 heterocycles. The molecule has 0 radical (unpaired) electrons. The Morgan fingerprint density at radius 2 is 1.84 bits per heavy atom. The molecule has 1 aromatic heterocycles. The summed E-state index contributed by atoms with van der Waals surface area (Å²) in [5.74, 6) is 2.70. The minimum Gasteiger partial charge on any atom is -0.369 e. The summed E-state index contributed by atoms with van der Waals surface area (Å²) >= 11 is 0. The van der Waals surface area contributed by atoms with E-state index in [4.69, 9.17) is 0 Å². The highest BCUT2D eigenvalue weighted by Crippen LogP contribution is 2.29. The van der Waals surface area contributed by atoms with Crippen molar-refractivity contribution in [2.45, 2.75) is 58.4 Å². The SMILES string of the molecule is CCCC1CCC(Nc2cncc(NCC)n2)CC1. The monoisotopic (exact) mass is 262 g/mol. The van der Waals surface area contributed by atoms with Gasteiger partial charge in [-0.25, -0.2) is 4.98 Å². The van der Waals surface area contributed by atoms with E-state index in [1.165, 1.54) is 38.5 Å². The van der Waals surface area contributed by atoms with Crippen LogP contribution in [0.15, 0.2) is 12.4 Å². The van der Waals surface area contributed by atoms with E-state index in [-0.39, 0.29) is 0 Å². The zero-order valence-corrected chi connectivity index (χ0v) is 12.2. The molecule has 0 unspecified atom stereocenters. The van der Waals surface area contributed by atoms with Crippen LogP contribution >= 0.6 is 0 Å². The van der Waals surface area contributed by atoms with E-state index in [1.54, 1.807) is 6.20 Å². The van der Waals surface area contributed by atoms with Gasteiger partial charge in [0.1, 0.15) is 11.6 Å². The molecule has 0 bridgehead atoms. The van der Waals surface area contributed by atoms with Crippen LogP contribution in [0.4, 0.5) is 11.6 Å². The molecule has 4 nitrogen and oxygen atoms in total. The maximum absolute atomic E-state index is 4.53. The lowest BCUT2D eigenvalue weighted by molar-refractivity contribution is 0.318. The van der Waals surface area contributed by atoms with Crippen LogP contribution in [0.5, 0.6) is 0 Å². The standard InChI is InChI=1S/C15H26N4/c1-3-5-12-6-8-13(9-7-12)18-15-11-16-10-14(19-15)17-4-2/h10-13H,3-9H2,1-2H3,(H2,17,18,19). The highest BCUT2D eigenvalue weighted by molar-refractivity contribution is 5.42. The fourth-order valence-corrected chi connectivity index (χ4v) is 2.91. The first-order valence-corrected chi connectivity index (χ1v) is 7.64. The normalized spacial score (nSPS) is 23.1. The average Bonchev–Trinajstić information content (AvgIpc) is 2.42. The summed E-state index contributed by atoms with van der Waals surface area (Å²) in [4.78, 5) is 8.75. The molecule has 19 heavy (non-hydrogen) atoms. The minimum atomic E-state index is 0.569. The van der Waals surface area contributed by atoms with Crippen LogP contribution in [-0.4, -0.2) is 22.6 Å². The molecule has 0 aliphatic heterocycles. The molecule has 1 saturated carbocycles. The zero-order valence-electron chi connectivity index (χ0n) is 12.2. The molecule has 1 aliphatic rings. The average molecular weight is 262 g/mol. The summed E-state index contributed by atoms with van der Waals surface area (Å²) in [5, 5.41) is 6.72. The Bertz CT molecular complexity index is 372. The van der Waals surface area contributed by atoms with Gasteiger partial charge in [-0.3, -0.25) is 4.98 Å². The summed E-state index contributed by atoms with van der Waals surface area (Å²) < 4.78 is 0. The lowest BCUT2D eigenvalue weighted by atomic mass is 9.83. The molecule has 0 aromatic carbocycles. The van der Waals surface area contributed by atoms with Gasteiger partial charge in [-0.15, -0.1) is 0 Å². The van der Waals surface area contributed by atoms with Crippen molar-refractivity contribution < 1.29 is 0 Å². The molecule has 4 heteroatoms. The Labute approximate surface area is 116 Å². The summed E-state index contributed by atoms with van der Waals surface area (Å²) in [6.07, 6.45) is 11.5. The van der Waals surface area contributed by atoms with Crippen LogP contribution in [0.3, 0.4) is 0 Å². The van der Waals surface area contributed by atoms with Gasteiger partial charge in [0, 0.05) is 12.6 Å². The second-order valence-corrected chi connectivity index (χ2v) is 5.47. The smallest absolute Gasteiger partial charge is 0.147 e. The Hall–Kier alpha value is -1.32. The summed E-state index contributed by atoms with van der Waals surface area (Å²) in [5.41, 5.74) is 0. The molecule has 1 aliphatic carbocycles. The van der Waals surface area contributed by atoms with E-state index >= 15 is 0 Å². The van der Waals surface area contributed by atoms with Gasteiger partial charge in [-0.05, 0) is 38.5 Å². The van der Waals surface area contributed by atoms with Crippen LogP contribution in [0, 0.1) is 5.92 Å². The van der Waals surface area contributed by atoms with Gasteiger partial charge < -0.3 is 10.6 Å². The molecule has 0 amide bonds. The number of anilines is 2. The van der Waals surface area contributed by atoms with Gasteiger partial charge in [-0.2, -0.15) is 0 Å². The third-order valence-electron chi connectivity index (χ3n) is 3.89. The third-order valence-corrected chi connectivity index (χ3v) is 3.89. The topological polar surface area (TPSA) is 49.8 Å². The van der Waals surface area contributed by atoms with E-state index < -0.39 is 0 Å². The van der Waals surface area contributed by atoms with Crippen LogP contribution in [-0.2, 0) is 0 Å². The van der Waals surface area contributed by atoms with E-state index in [0.717, 1.165) is 24.1 Å². The van der Waals surface area contributed by atoms with Crippen molar-refractivity contribution in [3.63, 3.8) is 0 Å². The third kappa shape index (κ3) is 4.37. The molecule has 0 spiro atoms. The number of nitrogens with zero attached hydrogens (tertiary/aromatic N) is 2. The van der Waals surface area contributed by atoms with Crippen molar-refractivity contribution in [1.82, 2.24) is 9.97 Å². The molecular formula is C15H26N4. The summed E-state index contributed by atoms with van der Waals surface area (Å²) in [6.45, 7) is 5.23. The van der Waals surface area contributed by atoms with Gasteiger partial charge in [-0.1, -0.05) is 19.8 Å². The molecule has 2 N–H and O–H groups in total. The number of aromatic nitrogens is 2. The predicted octanol–water partition coefficient (Wildman–Crippen LogP) is 3.68. The van der Waals surface area contributed by atoms with Crippen LogP contribution in [0.1, 0.15) is 52.4 Å². The Morgan fingerprint density at radius 1 is 1.11 bits per heavy atom. The lowest BCUT2D eigenvalue weighted by Gasteiger charge is -2.29. The van der Waals surface area contributed by atoms with E-state index in [0.29, 0.717) is 6.04 Å². The quantitative estimate of drug-likeness (QED) is 0.821.